The predicted molar refractivity (Wildman–Crippen MR) is 40.0 cm³/mol. The van der Waals surface area contributed by atoms with Gasteiger partial charge in [-0.2, -0.15) is 0 Å². The van der Waals surface area contributed by atoms with Crippen LogP contribution >= 0.6 is 0 Å². The normalized spacial score (nSPS) is 49.3. The summed E-state index contributed by atoms with van der Waals surface area (Å²) < 4.78 is 18.0. The number of hydrogen-bond acceptors (Lipinski definition) is 2. The molecule has 1 heterocycles. The Morgan fingerprint density at radius 1 is 1.40 bits per heavy atom. The van der Waals surface area contributed by atoms with Crippen molar-refractivity contribution in [3.63, 3.8) is 0 Å². The van der Waals surface area contributed by atoms with Gasteiger partial charge in [0.1, 0.15) is 0 Å². The second kappa shape index (κ2) is 2.89. The maximum Gasteiger partial charge on any atom is 0.0880 e. The third kappa shape index (κ3) is 1.18. The van der Waals surface area contributed by atoms with E-state index in [0.717, 1.165) is 0 Å². The van der Waals surface area contributed by atoms with Crippen LogP contribution in [0.2, 0.25) is 0 Å². The van der Waals surface area contributed by atoms with Crippen LogP contribution in [-0.4, -0.2) is 25.4 Å². The van der Waals surface area contributed by atoms with Gasteiger partial charge < -0.3 is 9.47 Å². The predicted octanol–water partition coefficient (Wildman–Crippen LogP) is 1.44. The highest BCUT2D eigenvalue weighted by Gasteiger charge is 2.36. The van der Waals surface area contributed by atoms with Gasteiger partial charge >= 0.3 is 0 Å². The lowest BCUT2D eigenvalue weighted by Gasteiger charge is -2.15. The second-order valence-electron chi connectivity index (χ2n) is 2.94. The number of methoxy groups -OCH3 is 1. The van der Waals surface area contributed by atoms with E-state index in [1.807, 2.05) is 6.92 Å². The van der Waals surface area contributed by atoms with Crippen LogP contribution in [0.3, 0.4) is 0 Å². The lowest BCUT2D eigenvalue weighted by Crippen LogP contribution is -2.25. The first-order valence-electron chi connectivity index (χ1n) is 4.39. The number of ether oxygens (including phenoxy) is 2. The Balaban J connectivity index is 2.57. The highest BCUT2D eigenvalue weighted by molar-refractivity contribution is 4.84. The number of rotatable bonds is 1. The van der Waals surface area contributed by atoms with Crippen molar-refractivity contribution >= 4 is 0 Å². The Labute approximate surface area is 63.9 Å². The molecule has 4 unspecified atom stereocenters. The summed E-state index contributed by atoms with van der Waals surface area (Å²) in [5.41, 5.74) is 0. The Hall–Kier alpha value is -0.0800. The van der Waals surface area contributed by atoms with Gasteiger partial charge in [0.25, 0.3) is 0 Å². The fourth-order valence-corrected chi connectivity index (χ4v) is 1.45. The molecule has 2 nitrogen and oxygen atoms in total. The molecule has 1 aliphatic heterocycles. The van der Waals surface area contributed by atoms with Gasteiger partial charge in [-0.25, -0.2) is 0 Å². The molecule has 0 radical (unpaired) electrons. The highest BCUT2D eigenvalue weighted by atomic mass is 16.6. The average Bonchev–Trinajstić information content (AvgIpc) is 2.28. The van der Waals surface area contributed by atoms with Gasteiger partial charge in [-0.05, 0) is 13.8 Å². The summed E-state index contributed by atoms with van der Waals surface area (Å²) in [7, 11) is 1.69. The first kappa shape index (κ1) is 6.62. The Morgan fingerprint density at radius 2 is 2.10 bits per heavy atom. The molecule has 1 aliphatic rings. The summed E-state index contributed by atoms with van der Waals surface area (Å²) in [6, 6.07) is 0. The molecule has 0 aromatic heterocycles. The van der Waals surface area contributed by atoms with E-state index >= 15 is 0 Å². The molecule has 0 spiro atoms. The van der Waals surface area contributed by atoms with Crippen LogP contribution in [0.25, 0.3) is 0 Å². The van der Waals surface area contributed by atoms with Gasteiger partial charge in [-0.3, -0.25) is 0 Å². The zero-order valence-electron chi connectivity index (χ0n) is 7.83. The van der Waals surface area contributed by atoms with Crippen molar-refractivity contribution in [1.82, 2.24) is 0 Å². The average molecular weight is 145 g/mol. The van der Waals surface area contributed by atoms with Crippen LogP contribution in [0, 0.1) is 5.92 Å². The smallest absolute Gasteiger partial charge is 0.0880 e. The Kier molecular flexibility index (Phi) is 1.91. The van der Waals surface area contributed by atoms with Gasteiger partial charge in [-0.1, -0.05) is 6.92 Å². The molecule has 1 fully saturated rings. The van der Waals surface area contributed by atoms with Crippen molar-refractivity contribution in [2.24, 2.45) is 5.92 Å². The fraction of sp³-hybridized carbons (Fsp3) is 1.00. The minimum atomic E-state index is -0.0231. The van der Waals surface area contributed by atoms with Crippen LogP contribution < -0.4 is 0 Å². The third-order valence-corrected chi connectivity index (χ3v) is 2.29. The SMILES string of the molecule is [2H]CC1OC(C)C(C)C1OC. The molecular weight excluding hydrogens is 128 g/mol. The van der Waals surface area contributed by atoms with Crippen molar-refractivity contribution in [2.75, 3.05) is 7.11 Å². The summed E-state index contributed by atoms with van der Waals surface area (Å²) in [4.78, 5) is 0. The minimum absolute atomic E-state index is 0.0231. The molecule has 10 heavy (non-hydrogen) atoms. The van der Waals surface area contributed by atoms with Gasteiger partial charge in [0.2, 0.25) is 0 Å². The molecule has 60 valence electrons. The molecule has 0 amide bonds. The van der Waals surface area contributed by atoms with Crippen LogP contribution in [-0.2, 0) is 9.47 Å². The molecule has 0 aromatic carbocycles. The maximum atomic E-state index is 7.21. The van der Waals surface area contributed by atoms with Crippen LogP contribution in [0.4, 0.5) is 0 Å². The van der Waals surface area contributed by atoms with Crippen molar-refractivity contribution in [2.45, 2.75) is 39.1 Å². The van der Waals surface area contributed by atoms with Gasteiger partial charge in [0.15, 0.2) is 0 Å². The van der Waals surface area contributed by atoms with E-state index in [4.69, 9.17) is 10.8 Å². The minimum Gasteiger partial charge on any atom is -0.378 e. The van der Waals surface area contributed by atoms with E-state index in [1.165, 1.54) is 0 Å². The first-order chi connectivity index (χ1) is 5.20. The summed E-state index contributed by atoms with van der Waals surface area (Å²) in [5.74, 6) is 0.412. The quantitative estimate of drug-likeness (QED) is 0.556. The topological polar surface area (TPSA) is 18.5 Å². The zero-order valence-corrected chi connectivity index (χ0v) is 6.83. The molecule has 0 N–H and O–H groups in total. The second-order valence-corrected chi connectivity index (χ2v) is 2.94. The van der Waals surface area contributed by atoms with Crippen molar-refractivity contribution in [3.05, 3.63) is 0 Å². The van der Waals surface area contributed by atoms with Crippen molar-refractivity contribution in [3.8, 4) is 0 Å². The molecule has 0 saturated carbocycles. The number of hydrogen-bond donors (Lipinski definition) is 0. The van der Waals surface area contributed by atoms with Gasteiger partial charge in [-0.15, -0.1) is 0 Å². The van der Waals surface area contributed by atoms with E-state index in [-0.39, 0.29) is 18.3 Å². The fourth-order valence-electron chi connectivity index (χ4n) is 1.45. The maximum absolute atomic E-state index is 7.21. The molecule has 0 bridgehead atoms. The molecule has 2 heteroatoms. The molecule has 0 aliphatic carbocycles. The van der Waals surface area contributed by atoms with E-state index in [0.29, 0.717) is 12.8 Å². The molecule has 1 rings (SSSR count). The molecule has 1 saturated heterocycles. The van der Waals surface area contributed by atoms with Gasteiger partial charge in [0.05, 0.1) is 18.3 Å². The molecule has 4 atom stereocenters. The van der Waals surface area contributed by atoms with E-state index in [1.54, 1.807) is 7.11 Å². The third-order valence-electron chi connectivity index (χ3n) is 2.29. The summed E-state index contributed by atoms with van der Waals surface area (Å²) in [6.07, 6.45) is 0.322. The van der Waals surface area contributed by atoms with Gasteiger partial charge in [0, 0.05) is 14.4 Å². The van der Waals surface area contributed by atoms with Crippen LogP contribution in [0.5, 0.6) is 0 Å². The lowest BCUT2D eigenvalue weighted by molar-refractivity contribution is 0.00915. The first-order valence-corrected chi connectivity index (χ1v) is 3.68. The summed E-state index contributed by atoms with van der Waals surface area (Å²) in [5, 5.41) is 0. The van der Waals surface area contributed by atoms with E-state index < -0.39 is 0 Å². The largest absolute Gasteiger partial charge is 0.378 e. The van der Waals surface area contributed by atoms with E-state index in [2.05, 4.69) is 6.92 Å². The van der Waals surface area contributed by atoms with Crippen LogP contribution in [0.1, 0.15) is 22.1 Å². The summed E-state index contributed by atoms with van der Waals surface area (Å²) in [6.45, 7) is 4.44. The monoisotopic (exact) mass is 145 g/mol. The Bertz CT molecular complexity index is 129. The standard InChI is InChI=1S/C8H16O2/c1-5-6(2)10-7(3)8(5)9-4/h5-8H,1-4H3/i3D. The van der Waals surface area contributed by atoms with Crippen molar-refractivity contribution in [1.29, 1.82) is 0 Å². The van der Waals surface area contributed by atoms with E-state index in [9.17, 15) is 0 Å². The Morgan fingerprint density at radius 3 is 2.50 bits per heavy atom. The summed E-state index contributed by atoms with van der Waals surface area (Å²) >= 11 is 0. The molecular formula is C8H16O2. The molecule has 0 aromatic rings. The highest BCUT2D eigenvalue weighted by Crippen LogP contribution is 2.27. The zero-order chi connectivity index (χ0) is 8.43. The lowest BCUT2D eigenvalue weighted by atomic mass is 10.00. The van der Waals surface area contributed by atoms with Crippen LogP contribution in [0.15, 0.2) is 0 Å². The van der Waals surface area contributed by atoms with Crippen molar-refractivity contribution < 1.29 is 10.8 Å².